The summed E-state index contributed by atoms with van der Waals surface area (Å²) in [6.45, 7) is 2.29. The van der Waals surface area contributed by atoms with Gasteiger partial charge >= 0.3 is 0 Å². The maximum Gasteiger partial charge on any atom is 0.0976 e. The lowest BCUT2D eigenvalue weighted by atomic mass is 9.60. The number of likely N-dealkylation sites (N-methyl/N-ethyl adjacent to an activating group) is 1. The molecule has 0 aromatic heterocycles. The highest BCUT2D eigenvalue weighted by Crippen LogP contribution is 2.65. The molecule has 1 saturated heterocycles. The molecule has 5 aliphatic rings. The predicted octanol–water partition coefficient (Wildman–Crippen LogP) is 3.21. The molecule has 2 bridgehead atoms. The van der Waals surface area contributed by atoms with Crippen LogP contribution >= 0.6 is 0 Å². The van der Waals surface area contributed by atoms with Gasteiger partial charge in [-0.1, -0.05) is 31.2 Å². The Labute approximate surface area is 145 Å². The van der Waals surface area contributed by atoms with Gasteiger partial charge in [-0.15, -0.1) is 0 Å². The van der Waals surface area contributed by atoms with Crippen molar-refractivity contribution in [3.63, 3.8) is 0 Å². The average molecular weight is 327 g/mol. The van der Waals surface area contributed by atoms with Gasteiger partial charge in [-0.25, -0.2) is 0 Å². The molecule has 2 aliphatic heterocycles. The Hall–Kier alpha value is -0.900. The van der Waals surface area contributed by atoms with E-state index in [1.54, 1.807) is 0 Å². The van der Waals surface area contributed by atoms with Gasteiger partial charge in [0.05, 0.1) is 17.3 Å². The summed E-state index contributed by atoms with van der Waals surface area (Å²) in [5.41, 5.74) is 2.52. The van der Waals surface area contributed by atoms with E-state index >= 15 is 0 Å². The lowest BCUT2D eigenvalue weighted by Gasteiger charge is -2.53. The van der Waals surface area contributed by atoms with E-state index < -0.39 is 0 Å². The standard InChI is InChI=1S/C21H29NO2/c1-19-9-8-15-12-14-4-5-16(22(2)3)13-20(14)10-11-21(15,24-20)17(19)6-7-18(19)23/h4-5,8,12,16-18,23H,6-7,9-11,13H2,1-3H3/t16-,17-,18+,19+,20-,21-/m1/s1. The minimum atomic E-state index is -0.180. The van der Waals surface area contributed by atoms with E-state index in [1.165, 1.54) is 11.1 Å². The monoisotopic (exact) mass is 327 g/mol. The van der Waals surface area contributed by atoms with Crippen LogP contribution in [0.3, 0.4) is 0 Å². The number of hydrogen-bond acceptors (Lipinski definition) is 3. The van der Waals surface area contributed by atoms with Gasteiger partial charge in [0.25, 0.3) is 0 Å². The van der Waals surface area contributed by atoms with Crippen LogP contribution in [0.5, 0.6) is 0 Å². The molecule has 0 aromatic rings. The molecule has 1 saturated carbocycles. The SMILES string of the molecule is CN(C)[C@@H]1C=CC2=CC3=CC[C@@]4(C)[C@@H](CC[C@@H]4O)[C@@]34CC[C@]2(C1)O4. The molecule has 2 heterocycles. The van der Waals surface area contributed by atoms with Crippen LogP contribution in [-0.4, -0.2) is 47.4 Å². The first-order valence-corrected chi connectivity index (χ1v) is 9.55. The second-order valence-corrected chi connectivity index (χ2v) is 9.19. The summed E-state index contributed by atoms with van der Waals surface area (Å²) >= 11 is 0. The Kier molecular flexibility index (Phi) is 2.96. The summed E-state index contributed by atoms with van der Waals surface area (Å²) in [6, 6.07) is 0.451. The molecule has 24 heavy (non-hydrogen) atoms. The first-order chi connectivity index (χ1) is 11.4. The molecule has 3 aliphatic carbocycles. The van der Waals surface area contributed by atoms with Crippen LogP contribution in [0.4, 0.5) is 0 Å². The van der Waals surface area contributed by atoms with Crippen molar-refractivity contribution in [1.29, 1.82) is 0 Å². The van der Waals surface area contributed by atoms with E-state index in [4.69, 9.17) is 4.74 Å². The highest BCUT2D eigenvalue weighted by atomic mass is 16.5. The molecule has 0 radical (unpaired) electrons. The third-order valence-electron chi connectivity index (χ3n) is 7.91. The number of allylic oxidation sites excluding steroid dienone is 1. The maximum atomic E-state index is 10.6. The van der Waals surface area contributed by atoms with Gasteiger partial charge in [-0.05, 0) is 63.8 Å². The maximum absolute atomic E-state index is 10.6. The van der Waals surface area contributed by atoms with Crippen molar-refractivity contribution in [2.75, 3.05) is 14.1 Å². The first kappa shape index (κ1) is 15.4. The minimum Gasteiger partial charge on any atom is -0.393 e. The lowest BCUT2D eigenvalue weighted by Crippen LogP contribution is -2.55. The Balaban J connectivity index is 1.61. The Morgan fingerprint density at radius 3 is 2.83 bits per heavy atom. The normalized spacial score (nSPS) is 51.8. The number of aliphatic hydroxyl groups is 1. The number of rotatable bonds is 1. The average Bonchev–Trinajstić information content (AvgIpc) is 3.02. The fourth-order valence-corrected chi connectivity index (χ4v) is 6.37. The molecule has 5 rings (SSSR count). The van der Waals surface area contributed by atoms with E-state index in [0.717, 1.165) is 38.5 Å². The zero-order valence-electron chi connectivity index (χ0n) is 15.1. The van der Waals surface area contributed by atoms with Crippen LogP contribution in [0.25, 0.3) is 0 Å². The Morgan fingerprint density at radius 1 is 1.21 bits per heavy atom. The van der Waals surface area contributed by atoms with Crippen LogP contribution in [0.15, 0.2) is 35.5 Å². The largest absolute Gasteiger partial charge is 0.393 e. The van der Waals surface area contributed by atoms with Gasteiger partial charge in [0.15, 0.2) is 0 Å². The first-order valence-electron chi connectivity index (χ1n) is 9.55. The quantitative estimate of drug-likeness (QED) is 0.803. The molecule has 6 atom stereocenters. The number of fused-ring (bicyclic) bond motifs is 1. The second-order valence-electron chi connectivity index (χ2n) is 9.19. The van der Waals surface area contributed by atoms with Gasteiger partial charge in [-0.3, -0.25) is 0 Å². The van der Waals surface area contributed by atoms with Gasteiger partial charge in [0.1, 0.15) is 0 Å². The smallest absolute Gasteiger partial charge is 0.0976 e. The highest BCUT2D eigenvalue weighted by molar-refractivity contribution is 5.51. The third-order valence-corrected chi connectivity index (χ3v) is 7.91. The van der Waals surface area contributed by atoms with Crippen molar-refractivity contribution in [3.05, 3.63) is 35.5 Å². The molecule has 1 N–H and O–H groups in total. The molecule has 0 amide bonds. The molecule has 2 fully saturated rings. The fraction of sp³-hybridized carbons (Fsp3) is 0.714. The highest BCUT2D eigenvalue weighted by Gasteiger charge is 2.66. The van der Waals surface area contributed by atoms with E-state index in [0.29, 0.717) is 12.0 Å². The van der Waals surface area contributed by atoms with Crippen molar-refractivity contribution in [2.45, 2.75) is 68.8 Å². The number of nitrogens with zero attached hydrogens (tertiary/aromatic N) is 1. The number of ether oxygens (including phenoxy) is 1. The van der Waals surface area contributed by atoms with Gasteiger partial charge in [0.2, 0.25) is 0 Å². The van der Waals surface area contributed by atoms with E-state index in [-0.39, 0.29) is 22.7 Å². The summed E-state index contributed by atoms with van der Waals surface area (Å²) in [7, 11) is 4.31. The van der Waals surface area contributed by atoms with Crippen LogP contribution < -0.4 is 0 Å². The third kappa shape index (κ3) is 1.69. The molecule has 130 valence electrons. The molecular weight excluding hydrogens is 298 g/mol. The Bertz CT molecular complexity index is 677. The molecule has 3 heteroatoms. The van der Waals surface area contributed by atoms with Crippen LogP contribution in [0, 0.1) is 11.3 Å². The van der Waals surface area contributed by atoms with Crippen molar-refractivity contribution < 1.29 is 9.84 Å². The van der Waals surface area contributed by atoms with Gasteiger partial charge < -0.3 is 14.7 Å². The molecule has 0 aromatic carbocycles. The molecular formula is C21H29NO2. The zero-order chi connectivity index (χ0) is 16.7. The topological polar surface area (TPSA) is 32.7 Å². The predicted molar refractivity (Wildman–Crippen MR) is 94.6 cm³/mol. The van der Waals surface area contributed by atoms with Crippen molar-refractivity contribution in [3.8, 4) is 0 Å². The number of aliphatic hydroxyl groups excluding tert-OH is 1. The minimum absolute atomic E-state index is 0.00811. The molecule has 2 spiro atoms. The summed E-state index contributed by atoms with van der Waals surface area (Å²) < 4.78 is 7.06. The summed E-state index contributed by atoms with van der Waals surface area (Å²) in [5, 5.41) is 10.6. The summed E-state index contributed by atoms with van der Waals surface area (Å²) in [6.07, 6.45) is 15.6. The van der Waals surface area contributed by atoms with Crippen LogP contribution in [0.2, 0.25) is 0 Å². The number of hydrogen-bond donors (Lipinski definition) is 1. The van der Waals surface area contributed by atoms with Crippen molar-refractivity contribution >= 4 is 0 Å². The molecule has 0 unspecified atom stereocenters. The van der Waals surface area contributed by atoms with E-state index in [1.807, 2.05) is 0 Å². The van der Waals surface area contributed by atoms with Crippen molar-refractivity contribution in [1.82, 2.24) is 4.90 Å². The van der Waals surface area contributed by atoms with E-state index in [2.05, 4.69) is 50.2 Å². The van der Waals surface area contributed by atoms with Crippen molar-refractivity contribution in [2.24, 2.45) is 11.3 Å². The fourth-order valence-electron chi connectivity index (χ4n) is 6.37. The zero-order valence-corrected chi connectivity index (χ0v) is 15.1. The van der Waals surface area contributed by atoms with Crippen LogP contribution in [-0.2, 0) is 4.74 Å². The van der Waals surface area contributed by atoms with Crippen LogP contribution in [0.1, 0.15) is 45.4 Å². The van der Waals surface area contributed by atoms with E-state index in [9.17, 15) is 5.11 Å². The lowest BCUT2D eigenvalue weighted by molar-refractivity contribution is -0.140. The van der Waals surface area contributed by atoms with Gasteiger partial charge in [0, 0.05) is 17.4 Å². The second kappa shape index (κ2) is 4.63. The summed E-state index contributed by atoms with van der Waals surface area (Å²) in [5.74, 6) is 0.459. The Morgan fingerprint density at radius 2 is 2.04 bits per heavy atom. The van der Waals surface area contributed by atoms with Gasteiger partial charge in [-0.2, -0.15) is 0 Å². The summed E-state index contributed by atoms with van der Waals surface area (Å²) in [4.78, 5) is 2.30. The molecule has 3 nitrogen and oxygen atoms in total.